The van der Waals surface area contributed by atoms with E-state index in [4.69, 9.17) is 9.66 Å². The van der Waals surface area contributed by atoms with Crippen molar-refractivity contribution >= 4 is 26.2 Å². The Morgan fingerprint density at radius 1 is 1.17 bits per heavy atom. The molecule has 0 aromatic rings. The maximum atomic E-state index is 11.3. The summed E-state index contributed by atoms with van der Waals surface area (Å²) in [6.45, 7) is 2.04. The van der Waals surface area contributed by atoms with E-state index in [1.807, 2.05) is 0 Å². The molecule has 8 nitrogen and oxygen atoms in total. The van der Waals surface area contributed by atoms with Gasteiger partial charge in [0.15, 0.2) is 0 Å². The van der Waals surface area contributed by atoms with Crippen LogP contribution in [-0.4, -0.2) is 50.6 Å². The largest absolute Gasteiger partial charge is 0.481 e. The van der Waals surface area contributed by atoms with Gasteiger partial charge in [-0.2, -0.15) is 16.8 Å². The van der Waals surface area contributed by atoms with E-state index in [2.05, 4.69) is 4.18 Å². The Morgan fingerprint density at radius 2 is 1.67 bits per heavy atom. The molecule has 0 atom stereocenters. The zero-order valence-corrected chi connectivity index (χ0v) is 11.6. The fourth-order valence-electron chi connectivity index (χ4n) is 0.776. The Balaban J connectivity index is 4.30. The van der Waals surface area contributed by atoms with Crippen LogP contribution in [0.15, 0.2) is 0 Å². The minimum absolute atomic E-state index is 0.325. The summed E-state index contributed by atoms with van der Waals surface area (Å²) >= 11 is 0. The number of carboxylic acids is 1. The average Bonchev–Trinajstić information content (AvgIpc) is 2.12. The van der Waals surface area contributed by atoms with E-state index in [-0.39, 0.29) is 6.42 Å². The number of hydrogen-bond donors (Lipinski definition) is 2. The molecule has 0 saturated carbocycles. The number of rotatable bonds is 8. The van der Waals surface area contributed by atoms with Crippen LogP contribution in [0.2, 0.25) is 0 Å². The van der Waals surface area contributed by atoms with Gasteiger partial charge >= 0.3 is 5.97 Å². The van der Waals surface area contributed by atoms with E-state index in [1.54, 1.807) is 0 Å². The first-order valence-corrected chi connectivity index (χ1v) is 8.10. The molecule has 0 aliphatic heterocycles. The van der Waals surface area contributed by atoms with Crippen LogP contribution in [0.4, 0.5) is 0 Å². The van der Waals surface area contributed by atoms with Crippen molar-refractivity contribution < 1.29 is 35.5 Å². The zero-order valence-electron chi connectivity index (χ0n) is 9.99. The molecular formula is C8H16O8S2. The molecule has 0 amide bonds. The highest BCUT2D eigenvalue weighted by atomic mass is 32.2. The molecule has 0 rings (SSSR count). The van der Waals surface area contributed by atoms with Crippen molar-refractivity contribution in [2.45, 2.75) is 20.3 Å². The lowest BCUT2D eigenvalue weighted by atomic mass is 9.96. The Morgan fingerprint density at radius 3 is 2.06 bits per heavy atom. The quantitative estimate of drug-likeness (QED) is 0.462. The molecule has 2 N–H and O–H groups in total. The molecule has 0 bridgehead atoms. The molecule has 18 heavy (non-hydrogen) atoms. The molecule has 0 unspecified atom stereocenters. The van der Waals surface area contributed by atoms with E-state index in [0.717, 1.165) is 0 Å². The third-order valence-corrected chi connectivity index (χ3v) is 4.05. The zero-order chi connectivity index (χ0) is 14.6. The van der Waals surface area contributed by atoms with E-state index >= 15 is 0 Å². The van der Waals surface area contributed by atoms with Gasteiger partial charge in [0.2, 0.25) is 0 Å². The van der Waals surface area contributed by atoms with Gasteiger partial charge in [0.05, 0.1) is 23.5 Å². The lowest BCUT2D eigenvalue weighted by Gasteiger charge is -2.18. The Hall–Kier alpha value is -0.710. The molecule has 0 aromatic carbocycles. The summed E-state index contributed by atoms with van der Waals surface area (Å²) in [6.07, 6.45) is -0.325. The average molecular weight is 304 g/mol. The fourth-order valence-corrected chi connectivity index (χ4v) is 2.56. The van der Waals surface area contributed by atoms with Gasteiger partial charge in [-0.15, -0.1) is 0 Å². The van der Waals surface area contributed by atoms with Gasteiger partial charge in [-0.05, 0) is 20.3 Å². The van der Waals surface area contributed by atoms with Crippen LogP contribution in [0.5, 0.6) is 0 Å². The number of aliphatic carboxylic acids is 1. The van der Waals surface area contributed by atoms with Crippen molar-refractivity contribution in [3.05, 3.63) is 0 Å². The van der Waals surface area contributed by atoms with Crippen LogP contribution >= 0.6 is 0 Å². The van der Waals surface area contributed by atoms with Crippen molar-refractivity contribution in [1.29, 1.82) is 0 Å². The Kier molecular flexibility index (Phi) is 5.72. The normalized spacial score (nSPS) is 13.5. The highest BCUT2D eigenvalue weighted by Crippen LogP contribution is 2.17. The molecule has 0 saturated heterocycles. The van der Waals surface area contributed by atoms with Gasteiger partial charge in [-0.3, -0.25) is 13.5 Å². The highest BCUT2D eigenvalue weighted by molar-refractivity contribution is 7.87. The van der Waals surface area contributed by atoms with Gasteiger partial charge in [0.1, 0.15) is 0 Å². The number of carbonyl (C=O) groups is 1. The van der Waals surface area contributed by atoms with E-state index in [1.165, 1.54) is 13.8 Å². The molecule has 0 aliphatic rings. The van der Waals surface area contributed by atoms with Crippen LogP contribution in [0.3, 0.4) is 0 Å². The molecule has 0 heterocycles. The minimum Gasteiger partial charge on any atom is -0.481 e. The van der Waals surface area contributed by atoms with Crippen LogP contribution < -0.4 is 0 Å². The first kappa shape index (κ1) is 17.3. The predicted octanol–water partition coefficient (Wildman–Crippen LogP) is -0.278. The molecule has 0 fully saturated rings. The Bertz CT molecular complexity index is 487. The van der Waals surface area contributed by atoms with Gasteiger partial charge in [0, 0.05) is 0 Å². The second kappa shape index (κ2) is 5.95. The third kappa shape index (κ3) is 7.58. The highest BCUT2D eigenvalue weighted by Gasteiger charge is 2.30. The van der Waals surface area contributed by atoms with Crippen molar-refractivity contribution in [3.8, 4) is 0 Å². The molecule has 0 aliphatic carbocycles. The second-order valence-electron chi connectivity index (χ2n) is 4.35. The summed E-state index contributed by atoms with van der Waals surface area (Å²) in [4.78, 5) is 10.7. The summed E-state index contributed by atoms with van der Waals surface area (Å²) in [5, 5.41) is 8.73. The van der Waals surface area contributed by atoms with Crippen molar-refractivity contribution in [2.24, 2.45) is 5.41 Å². The summed E-state index contributed by atoms with van der Waals surface area (Å²) < 4.78 is 56.2. The van der Waals surface area contributed by atoms with E-state index in [0.29, 0.717) is 0 Å². The summed E-state index contributed by atoms with van der Waals surface area (Å²) in [7, 11) is -8.23. The van der Waals surface area contributed by atoms with Gasteiger partial charge in [0.25, 0.3) is 20.2 Å². The predicted molar refractivity (Wildman–Crippen MR) is 62.2 cm³/mol. The standard InChI is InChI=1S/C8H16O8S2/c1-8(2,7(9)10)6-16-18(14,15)5-3-4-17(11,12)13/h3-6H2,1-2H3,(H,9,10)(H,11,12,13). The third-order valence-electron chi connectivity index (χ3n) is 1.97. The Labute approximate surface area is 106 Å². The lowest BCUT2D eigenvalue weighted by molar-refractivity contribution is -0.148. The molecule has 108 valence electrons. The molecule has 10 heteroatoms. The molecule has 0 spiro atoms. The summed E-state index contributed by atoms with van der Waals surface area (Å²) in [5.41, 5.74) is -1.36. The fraction of sp³-hybridized carbons (Fsp3) is 0.875. The maximum absolute atomic E-state index is 11.3. The van der Waals surface area contributed by atoms with Crippen LogP contribution in [0.1, 0.15) is 20.3 Å². The monoisotopic (exact) mass is 304 g/mol. The smallest absolute Gasteiger partial charge is 0.311 e. The molecule has 0 aromatic heterocycles. The van der Waals surface area contributed by atoms with Gasteiger partial charge < -0.3 is 5.11 Å². The minimum atomic E-state index is -4.22. The number of carboxylic acid groups (broad SMARTS) is 1. The van der Waals surface area contributed by atoms with Crippen molar-refractivity contribution in [3.63, 3.8) is 0 Å². The van der Waals surface area contributed by atoms with Crippen LogP contribution in [0, 0.1) is 5.41 Å². The molecule has 0 radical (unpaired) electrons. The number of hydrogen-bond acceptors (Lipinski definition) is 6. The van der Waals surface area contributed by atoms with Crippen LogP contribution in [-0.2, 0) is 29.2 Å². The van der Waals surface area contributed by atoms with Crippen molar-refractivity contribution in [1.82, 2.24) is 0 Å². The lowest BCUT2D eigenvalue weighted by Crippen LogP contribution is -2.31. The SMILES string of the molecule is CC(C)(COS(=O)(=O)CCCS(=O)(=O)O)C(=O)O. The van der Waals surface area contributed by atoms with Crippen LogP contribution in [0.25, 0.3) is 0 Å². The van der Waals surface area contributed by atoms with Crippen molar-refractivity contribution in [2.75, 3.05) is 18.1 Å². The first-order valence-electron chi connectivity index (χ1n) is 4.91. The topological polar surface area (TPSA) is 135 Å². The van der Waals surface area contributed by atoms with E-state index < -0.39 is 49.7 Å². The first-order chi connectivity index (χ1) is 7.86. The maximum Gasteiger partial charge on any atom is 0.311 e. The van der Waals surface area contributed by atoms with Gasteiger partial charge in [-0.25, -0.2) is 0 Å². The summed E-state index contributed by atoms with van der Waals surface area (Å²) in [5.74, 6) is -2.52. The summed E-state index contributed by atoms with van der Waals surface area (Å²) in [6, 6.07) is 0. The van der Waals surface area contributed by atoms with E-state index in [9.17, 15) is 21.6 Å². The second-order valence-corrected chi connectivity index (χ2v) is 7.68. The van der Waals surface area contributed by atoms with Gasteiger partial charge in [-0.1, -0.05) is 0 Å². The molecular weight excluding hydrogens is 288 g/mol.